The van der Waals surface area contributed by atoms with Crippen molar-refractivity contribution in [3.63, 3.8) is 0 Å². The Hall–Kier alpha value is -3.00. The maximum Gasteiger partial charge on any atom is 0.265 e. The van der Waals surface area contributed by atoms with Gasteiger partial charge in [0.15, 0.2) is 17.6 Å². The molecule has 1 amide bonds. The summed E-state index contributed by atoms with van der Waals surface area (Å²) in [5.41, 5.74) is 1.15. The number of amides is 1. The molecule has 2 aromatic carbocycles. The molecule has 0 radical (unpaired) electrons. The predicted octanol–water partition coefficient (Wildman–Crippen LogP) is 3.36. The van der Waals surface area contributed by atoms with Crippen LogP contribution < -0.4 is 14.8 Å². The lowest BCUT2D eigenvalue weighted by Gasteiger charge is -2.17. The molecule has 0 saturated carbocycles. The monoisotopic (exact) mass is 310 g/mol. The largest absolute Gasteiger partial charge is 0.490 e. The molecule has 1 atom stereocenters. The first-order chi connectivity index (χ1) is 11.1. The van der Waals surface area contributed by atoms with E-state index in [0.29, 0.717) is 29.4 Å². The zero-order valence-electron chi connectivity index (χ0n) is 13.1. The Bertz CT molecular complexity index is 705. The number of hydrogen-bond acceptors (Lipinski definition) is 4. The zero-order chi connectivity index (χ0) is 16.7. The number of rotatable bonds is 6. The highest BCUT2D eigenvalue weighted by atomic mass is 16.5. The first kappa shape index (κ1) is 16.4. The summed E-state index contributed by atoms with van der Waals surface area (Å²) in [6, 6.07) is 15.9. The Balaban J connectivity index is 2.01. The lowest BCUT2D eigenvalue weighted by Crippen LogP contribution is -2.30. The zero-order valence-corrected chi connectivity index (χ0v) is 13.1. The molecule has 0 fully saturated rings. The van der Waals surface area contributed by atoms with E-state index in [1.54, 1.807) is 43.3 Å². The normalized spacial score (nSPS) is 11.2. The van der Waals surface area contributed by atoms with Gasteiger partial charge in [0.2, 0.25) is 0 Å². The molecular weight excluding hydrogens is 292 g/mol. The summed E-state index contributed by atoms with van der Waals surface area (Å²) in [4.78, 5) is 12.2. The first-order valence-electron chi connectivity index (χ1n) is 7.33. The first-order valence-corrected chi connectivity index (χ1v) is 7.33. The van der Waals surface area contributed by atoms with Crippen LogP contribution in [0.25, 0.3) is 0 Å². The van der Waals surface area contributed by atoms with Crippen molar-refractivity contribution in [3.05, 3.63) is 54.1 Å². The fourth-order valence-corrected chi connectivity index (χ4v) is 1.94. The summed E-state index contributed by atoms with van der Waals surface area (Å²) >= 11 is 0. The molecule has 0 bridgehead atoms. The summed E-state index contributed by atoms with van der Waals surface area (Å²) < 4.78 is 11.2. The summed E-state index contributed by atoms with van der Waals surface area (Å²) in [6.07, 6.45) is -0.688. The molecule has 0 heterocycles. The second-order valence-corrected chi connectivity index (χ2v) is 4.82. The molecule has 5 nitrogen and oxygen atoms in total. The van der Waals surface area contributed by atoms with Gasteiger partial charge in [0.1, 0.15) is 0 Å². The molecule has 5 heteroatoms. The summed E-state index contributed by atoms with van der Waals surface area (Å²) in [7, 11) is 0. The minimum absolute atomic E-state index is 0.277. The van der Waals surface area contributed by atoms with E-state index in [2.05, 4.69) is 5.32 Å². The van der Waals surface area contributed by atoms with Crippen LogP contribution in [0.15, 0.2) is 48.5 Å². The third kappa shape index (κ3) is 4.48. The van der Waals surface area contributed by atoms with E-state index < -0.39 is 6.10 Å². The van der Waals surface area contributed by atoms with E-state index in [0.717, 1.165) is 0 Å². The van der Waals surface area contributed by atoms with Crippen molar-refractivity contribution in [1.82, 2.24) is 0 Å². The molecule has 0 aliphatic heterocycles. The van der Waals surface area contributed by atoms with Gasteiger partial charge in [-0.25, -0.2) is 0 Å². The van der Waals surface area contributed by atoms with Crippen LogP contribution in [0.1, 0.15) is 19.4 Å². The van der Waals surface area contributed by atoms with Crippen molar-refractivity contribution < 1.29 is 14.3 Å². The lowest BCUT2D eigenvalue weighted by molar-refractivity contribution is -0.122. The van der Waals surface area contributed by atoms with Crippen LogP contribution in [0, 0.1) is 11.3 Å². The number of anilines is 1. The number of nitrogens with zero attached hydrogens (tertiary/aromatic N) is 1. The van der Waals surface area contributed by atoms with Gasteiger partial charge in [-0.15, -0.1) is 0 Å². The molecule has 0 aliphatic carbocycles. The van der Waals surface area contributed by atoms with Gasteiger partial charge in [-0.05, 0) is 50.2 Å². The van der Waals surface area contributed by atoms with Crippen molar-refractivity contribution in [2.75, 3.05) is 11.9 Å². The number of carbonyl (C=O) groups excluding carboxylic acids is 1. The molecular formula is C18H18N2O3. The van der Waals surface area contributed by atoms with Gasteiger partial charge in [0, 0.05) is 5.69 Å². The van der Waals surface area contributed by atoms with E-state index >= 15 is 0 Å². The van der Waals surface area contributed by atoms with E-state index in [1.807, 2.05) is 25.1 Å². The molecule has 2 aromatic rings. The van der Waals surface area contributed by atoms with Crippen molar-refractivity contribution in [3.8, 4) is 17.6 Å². The van der Waals surface area contributed by atoms with E-state index in [9.17, 15) is 4.79 Å². The number of ether oxygens (including phenoxy) is 2. The minimum Gasteiger partial charge on any atom is -0.490 e. The SMILES string of the molecule is CCOc1ccccc1O[C@H](C)C(=O)Nc1ccc(C#N)cc1. The molecule has 23 heavy (non-hydrogen) atoms. The quantitative estimate of drug-likeness (QED) is 0.888. The van der Waals surface area contributed by atoms with Crippen LogP contribution in [0.4, 0.5) is 5.69 Å². The fraction of sp³-hybridized carbons (Fsp3) is 0.222. The highest BCUT2D eigenvalue weighted by Crippen LogP contribution is 2.27. The number of benzene rings is 2. The average Bonchev–Trinajstić information content (AvgIpc) is 2.57. The highest BCUT2D eigenvalue weighted by Gasteiger charge is 2.17. The smallest absolute Gasteiger partial charge is 0.265 e. The minimum atomic E-state index is -0.688. The molecule has 0 saturated heterocycles. The van der Waals surface area contributed by atoms with Crippen LogP contribution in [0.3, 0.4) is 0 Å². The Kier molecular flexibility index (Phi) is 5.59. The second kappa shape index (κ2) is 7.85. The van der Waals surface area contributed by atoms with Gasteiger partial charge in [-0.2, -0.15) is 5.26 Å². The standard InChI is InChI=1S/C18H18N2O3/c1-3-22-16-6-4-5-7-17(16)23-13(2)18(21)20-15-10-8-14(12-19)9-11-15/h4-11,13H,3H2,1-2H3,(H,20,21)/t13-/m1/s1. The topological polar surface area (TPSA) is 71.3 Å². The van der Waals surface area contributed by atoms with Gasteiger partial charge in [0.05, 0.1) is 18.2 Å². The molecule has 1 N–H and O–H groups in total. The van der Waals surface area contributed by atoms with Crippen molar-refractivity contribution in [2.45, 2.75) is 20.0 Å². The predicted molar refractivity (Wildman–Crippen MR) is 87.5 cm³/mol. The Morgan fingerprint density at radius 1 is 1.17 bits per heavy atom. The van der Waals surface area contributed by atoms with Gasteiger partial charge < -0.3 is 14.8 Å². The lowest BCUT2D eigenvalue weighted by atomic mass is 10.2. The average molecular weight is 310 g/mol. The molecule has 118 valence electrons. The maximum atomic E-state index is 12.2. The van der Waals surface area contributed by atoms with E-state index in [1.165, 1.54) is 0 Å². The Morgan fingerprint density at radius 2 is 1.83 bits per heavy atom. The van der Waals surface area contributed by atoms with Crippen molar-refractivity contribution >= 4 is 11.6 Å². The second-order valence-electron chi connectivity index (χ2n) is 4.82. The number of para-hydroxylation sites is 2. The summed E-state index contributed by atoms with van der Waals surface area (Å²) in [5.74, 6) is 0.853. The maximum absolute atomic E-state index is 12.2. The van der Waals surface area contributed by atoms with Crippen LogP contribution in [-0.2, 0) is 4.79 Å². The Labute approximate surface area is 135 Å². The van der Waals surface area contributed by atoms with Gasteiger partial charge in [0.25, 0.3) is 5.91 Å². The highest BCUT2D eigenvalue weighted by molar-refractivity contribution is 5.94. The number of hydrogen-bond donors (Lipinski definition) is 1. The number of carbonyl (C=O) groups is 1. The van der Waals surface area contributed by atoms with E-state index in [-0.39, 0.29) is 5.91 Å². The van der Waals surface area contributed by atoms with Crippen LogP contribution >= 0.6 is 0 Å². The van der Waals surface area contributed by atoms with Gasteiger partial charge in [-0.3, -0.25) is 4.79 Å². The van der Waals surface area contributed by atoms with Gasteiger partial charge >= 0.3 is 0 Å². The summed E-state index contributed by atoms with van der Waals surface area (Å²) in [5, 5.41) is 11.5. The fourth-order valence-electron chi connectivity index (χ4n) is 1.94. The molecule has 0 aliphatic rings. The van der Waals surface area contributed by atoms with Gasteiger partial charge in [-0.1, -0.05) is 12.1 Å². The van der Waals surface area contributed by atoms with Crippen LogP contribution in [-0.4, -0.2) is 18.6 Å². The molecule has 0 unspecified atom stereocenters. The third-order valence-electron chi connectivity index (χ3n) is 3.10. The summed E-state index contributed by atoms with van der Waals surface area (Å²) in [6.45, 7) is 4.08. The van der Waals surface area contributed by atoms with Crippen LogP contribution in [0.2, 0.25) is 0 Å². The third-order valence-corrected chi connectivity index (χ3v) is 3.10. The van der Waals surface area contributed by atoms with E-state index in [4.69, 9.17) is 14.7 Å². The molecule has 0 spiro atoms. The van der Waals surface area contributed by atoms with Crippen LogP contribution in [0.5, 0.6) is 11.5 Å². The molecule has 0 aromatic heterocycles. The number of nitriles is 1. The number of nitrogens with one attached hydrogen (secondary N) is 1. The Morgan fingerprint density at radius 3 is 2.43 bits per heavy atom. The van der Waals surface area contributed by atoms with Crippen molar-refractivity contribution in [2.24, 2.45) is 0 Å². The van der Waals surface area contributed by atoms with Crippen molar-refractivity contribution in [1.29, 1.82) is 5.26 Å². The molecule has 2 rings (SSSR count).